The number of hydrogen-bond acceptors (Lipinski definition) is 6. The molecular weight excluding hydrogens is 300 g/mol. The summed E-state index contributed by atoms with van der Waals surface area (Å²) in [7, 11) is 3.82. The van der Waals surface area contributed by atoms with E-state index in [1.165, 1.54) is 29.5 Å². The highest BCUT2D eigenvalue weighted by atomic mass is 15.3. The highest BCUT2D eigenvalue weighted by Crippen LogP contribution is 2.35. The summed E-state index contributed by atoms with van der Waals surface area (Å²) in [5, 5.41) is 0. The van der Waals surface area contributed by atoms with Crippen LogP contribution in [0, 0.1) is 13.8 Å². The summed E-state index contributed by atoms with van der Waals surface area (Å²) >= 11 is 0. The molecule has 0 bridgehead atoms. The van der Waals surface area contributed by atoms with E-state index < -0.39 is 0 Å². The molecule has 1 aliphatic heterocycles. The Morgan fingerprint density at radius 1 is 1.21 bits per heavy atom. The van der Waals surface area contributed by atoms with Crippen LogP contribution in [0.25, 0.3) is 0 Å². The van der Waals surface area contributed by atoms with E-state index in [1.54, 1.807) is 0 Å². The minimum absolute atomic E-state index is 0.284. The summed E-state index contributed by atoms with van der Waals surface area (Å²) in [4.78, 5) is 17.4. The van der Waals surface area contributed by atoms with Gasteiger partial charge in [-0.25, -0.2) is 0 Å². The van der Waals surface area contributed by atoms with Gasteiger partial charge in [0.05, 0.1) is 6.54 Å². The van der Waals surface area contributed by atoms with E-state index >= 15 is 0 Å². The van der Waals surface area contributed by atoms with Crippen molar-refractivity contribution in [2.24, 2.45) is 0 Å². The molecule has 2 aromatic rings. The quantitative estimate of drug-likeness (QED) is 0.931. The van der Waals surface area contributed by atoms with Gasteiger partial charge >= 0.3 is 0 Å². The Hall–Kier alpha value is -2.21. The van der Waals surface area contributed by atoms with E-state index in [-0.39, 0.29) is 5.95 Å². The summed E-state index contributed by atoms with van der Waals surface area (Å²) < 4.78 is 0. The van der Waals surface area contributed by atoms with E-state index in [4.69, 9.17) is 5.73 Å². The lowest BCUT2D eigenvalue weighted by molar-refractivity contribution is 0.241. The van der Waals surface area contributed by atoms with E-state index in [9.17, 15) is 0 Å². The molecule has 128 valence electrons. The Bertz CT molecular complexity index is 727. The molecule has 0 aliphatic carbocycles. The van der Waals surface area contributed by atoms with Crippen molar-refractivity contribution in [3.05, 3.63) is 40.7 Å². The second kappa shape index (κ2) is 6.73. The third kappa shape index (κ3) is 3.33. The predicted molar refractivity (Wildman–Crippen MR) is 96.9 cm³/mol. The summed E-state index contributed by atoms with van der Waals surface area (Å²) in [6.45, 7) is 6.15. The van der Waals surface area contributed by atoms with Gasteiger partial charge in [0.15, 0.2) is 0 Å². The molecule has 2 heterocycles. The lowest BCUT2D eigenvalue weighted by Gasteiger charge is -2.26. The molecular formula is C18H26N6. The van der Waals surface area contributed by atoms with Gasteiger partial charge in [-0.1, -0.05) is 18.2 Å². The molecule has 6 nitrogen and oxygen atoms in total. The van der Waals surface area contributed by atoms with Crippen molar-refractivity contribution in [1.82, 2.24) is 19.9 Å². The number of nitrogen functional groups attached to an aromatic ring is 1. The first kappa shape index (κ1) is 16.6. The Labute approximate surface area is 143 Å². The molecule has 6 heteroatoms. The molecule has 0 spiro atoms. The van der Waals surface area contributed by atoms with Crippen LogP contribution >= 0.6 is 0 Å². The lowest BCUT2D eigenvalue weighted by atomic mass is 9.96. The maximum atomic E-state index is 5.85. The monoisotopic (exact) mass is 326 g/mol. The predicted octanol–water partition coefficient (Wildman–Crippen LogP) is 2.47. The first-order valence-corrected chi connectivity index (χ1v) is 8.43. The van der Waals surface area contributed by atoms with Crippen molar-refractivity contribution in [3.63, 3.8) is 0 Å². The van der Waals surface area contributed by atoms with Gasteiger partial charge in [0.25, 0.3) is 0 Å². The van der Waals surface area contributed by atoms with Crippen molar-refractivity contribution in [2.75, 3.05) is 31.3 Å². The maximum Gasteiger partial charge on any atom is 0.229 e. The summed E-state index contributed by atoms with van der Waals surface area (Å²) in [5.74, 6) is 1.63. The largest absolute Gasteiger partial charge is 0.368 e. The molecule has 1 aromatic heterocycles. The maximum absolute atomic E-state index is 5.85. The zero-order valence-corrected chi connectivity index (χ0v) is 15.0. The van der Waals surface area contributed by atoms with Gasteiger partial charge < -0.3 is 10.6 Å². The molecule has 3 rings (SSSR count). The van der Waals surface area contributed by atoms with Crippen molar-refractivity contribution >= 4 is 11.9 Å². The number of aromatic nitrogens is 3. The molecule has 1 fully saturated rings. The number of benzene rings is 1. The van der Waals surface area contributed by atoms with E-state index in [0.717, 1.165) is 12.4 Å². The number of hydrogen-bond donors (Lipinski definition) is 1. The van der Waals surface area contributed by atoms with Crippen LogP contribution < -0.4 is 10.6 Å². The molecule has 0 saturated carbocycles. The first-order valence-electron chi connectivity index (χ1n) is 8.43. The highest BCUT2D eigenvalue weighted by Gasteiger charge is 2.28. The lowest BCUT2D eigenvalue weighted by Crippen LogP contribution is -2.26. The van der Waals surface area contributed by atoms with Crippen LogP contribution in [0.1, 0.15) is 41.4 Å². The molecule has 1 aromatic carbocycles. The topological polar surface area (TPSA) is 71.2 Å². The number of nitrogens with zero attached hydrogens (tertiary/aromatic N) is 5. The van der Waals surface area contributed by atoms with Crippen molar-refractivity contribution < 1.29 is 0 Å². The second-order valence-electron chi connectivity index (χ2n) is 6.72. The smallest absolute Gasteiger partial charge is 0.229 e. The minimum Gasteiger partial charge on any atom is -0.368 e. The molecule has 0 unspecified atom stereocenters. The number of nitrogens with two attached hydrogens (primary N) is 1. The SMILES string of the molecule is Cc1cccc([C@@H]2CCCN2Cc2nc(N)nc(N(C)C)n2)c1C. The zero-order chi connectivity index (χ0) is 17.3. The van der Waals surface area contributed by atoms with Gasteiger partial charge in [-0.05, 0) is 49.9 Å². The molecule has 0 amide bonds. The molecule has 24 heavy (non-hydrogen) atoms. The molecule has 1 atom stereocenters. The van der Waals surface area contributed by atoms with Crippen LogP contribution in [0.15, 0.2) is 18.2 Å². The normalized spacial score (nSPS) is 18.1. The Morgan fingerprint density at radius 3 is 2.75 bits per heavy atom. The average molecular weight is 326 g/mol. The van der Waals surface area contributed by atoms with Crippen molar-refractivity contribution in [3.8, 4) is 0 Å². The third-order valence-electron chi connectivity index (χ3n) is 4.80. The van der Waals surface area contributed by atoms with Crippen LogP contribution in [0.4, 0.5) is 11.9 Å². The number of anilines is 2. The Morgan fingerprint density at radius 2 is 2.00 bits per heavy atom. The first-order chi connectivity index (χ1) is 11.5. The standard InChI is InChI=1S/C18H26N6/c1-12-7-5-8-14(13(12)2)15-9-6-10-24(15)11-16-20-17(19)22-18(21-16)23(3)4/h5,7-8,15H,6,9-11H2,1-4H3,(H2,19,20,21,22)/t15-/m0/s1. The van der Waals surface area contributed by atoms with Gasteiger partial charge in [-0.3, -0.25) is 4.90 Å². The number of rotatable bonds is 4. The Balaban J connectivity index is 1.86. The zero-order valence-electron chi connectivity index (χ0n) is 15.0. The molecule has 1 aliphatic rings. The van der Waals surface area contributed by atoms with Crippen LogP contribution in [0.5, 0.6) is 0 Å². The van der Waals surface area contributed by atoms with E-state index in [2.05, 4.69) is 51.9 Å². The summed E-state index contributed by atoms with van der Waals surface area (Å²) in [6, 6.07) is 7.00. The van der Waals surface area contributed by atoms with Gasteiger partial charge in [-0.15, -0.1) is 0 Å². The fourth-order valence-corrected chi connectivity index (χ4v) is 3.38. The van der Waals surface area contributed by atoms with Gasteiger partial charge in [0.1, 0.15) is 5.82 Å². The van der Waals surface area contributed by atoms with Gasteiger partial charge in [0, 0.05) is 20.1 Å². The van der Waals surface area contributed by atoms with Crippen LogP contribution in [0.2, 0.25) is 0 Å². The second-order valence-corrected chi connectivity index (χ2v) is 6.72. The molecule has 2 N–H and O–H groups in total. The molecule has 0 radical (unpaired) electrons. The van der Waals surface area contributed by atoms with Gasteiger partial charge in [0.2, 0.25) is 11.9 Å². The minimum atomic E-state index is 0.284. The summed E-state index contributed by atoms with van der Waals surface area (Å²) in [5.41, 5.74) is 10.0. The number of aryl methyl sites for hydroxylation is 1. The van der Waals surface area contributed by atoms with E-state index in [1.807, 2.05) is 19.0 Å². The number of likely N-dealkylation sites (tertiary alicyclic amines) is 1. The van der Waals surface area contributed by atoms with Crippen molar-refractivity contribution in [1.29, 1.82) is 0 Å². The molecule has 1 saturated heterocycles. The fraction of sp³-hybridized carbons (Fsp3) is 0.500. The highest BCUT2D eigenvalue weighted by molar-refractivity contribution is 5.36. The van der Waals surface area contributed by atoms with E-state index in [0.29, 0.717) is 18.5 Å². The van der Waals surface area contributed by atoms with Crippen LogP contribution in [-0.4, -0.2) is 40.5 Å². The average Bonchev–Trinajstić information content (AvgIpc) is 2.97. The third-order valence-corrected chi connectivity index (χ3v) is 4.80. The summed E-state index contributed by atoms with van der Waals surface area (Å²) in [6.07, 6.45) is 2.37. The van der Waals surface area contributed by atoms with Crippen LogP contribution in [0.3, 0.4) is 0 Å². The van der Waals surface area contributed by atoms with Gasteiger partial charge in [-0.2, -0.15) is 15.0 Å². The van der Waals surface area contributed by atoms with Crippen molar-refractivity contribution in [2.45, 2.75) is 39.3 Å². The fourth-order valence-electron chi connectivity index (χ4n) is 3.38. The Kier molecular flexibility index (Phi) is 4.66. The van der Waals surface area contributed by atoms with Crippen LogP contribution in [-0.2, 0) is 6.54 Å².